The maximum absolute atomic E-state index is 11.0. The average Bonchev–Trinajstić information content (AvgIpc) is 2.20. The van der Waals surface area contributed by atoms with Gasteiger partial charge in [-0.1, -0.05) is 25.1 Å². The third-order valence-electron chi connectivity index (χ3n) is 2.09. The Kier molecular flexibility index (Phi) is 4.12. The van der Waals surface area contributed by atoms with Gasteiger partial charge in [0.1, 0.15) is 11.8 Å². The Morgan fingerprint density at radius 2 is 2.13 bits per heavy atom. The monoisotopic (exact) mass is 209 g/mol. The molecule has 0 saturated heterocycles. The molecule has 3 N–H and O–H groups in total. The molecule has 4 nitrogen and oxygen atoms in total. The molecule has 0 amide bonds. The summed E-state index contributed by atoms with van der Waals surface area (Å²) < 4.78 is 0. The summed E-state index contributed by atoms with van der Waals surface area (Å²) >= 11 is 0. The minimum absolute atomic E-state index is 0.00787. The first-order chi connectivity index (χ1) is 7.16. The quantitative estimate of drug-likeness (QED) is 0.687. The molecule has 0 aromatic heterocycles. The normalized spacial score (nSPS) is 12.3. The van der Waals surface area contributed by atoms with Crippen LogP contribution in [0.2, 0.25) is 0 Å². The summed E-state index contributed by atoms with van der Waals surface area (Å²) in [5.74, 6) is -0.974. The minimum atomic E-state index is -0.982. The Bertz CT molecular complexity index is 338. The number of hydrogen-bond acceptors (Lipinski definition) is 3. The van der Waals surface area contributed by atoms with Gasteiger partial charge in [-0.05, 0) is 19.0 Å². The van der Waals surface area contributed by atoms with E-state index in [-0.39, 0.29) is 5.75 Å². The van der Waals surface area contributed by atoms with Crippen molar-refractivity contribution in [3.8, 4) is 5.75 Å². The van der Waals surface area contributed by atoms with Crippen molar-refractivity contribution in [2.24, 2.45) is 0 Å². The molecule has 82 valence electrons. The van der Waals surface area contributed by atoms with Crippen LogP contribution in [0.4, 0.5) is 0 Å². The van der Waals surface area contributed by atoms with E-state index in [0.29, 0.717) is 12.1 Å². The molecular formula is C11H15NO3. The van der Waals surface area contributed by atoms with Crippen molar-refractivity contribution >= 4 is 5.97 Å². The summed E-state index contributed by atoms with van der Waals surface area (Å²) in [6.45, 7) is 2.56. The highest BCUT2D eigenvalue weighted by atomic mass is 16.4. The molecule has 0 fully saturated rings. The van der Waals surface area contributed by atoms with Crippen LogP contribution in [-0.4, -0.2) is 22.7 Å². The van der Waals surface area contributed by atoms with Gasteiger partial charge in [0.15, 0.2) is 0 Å². The summed E-state index contributed by atoms with van der Waals surface area (Å²) in [4.78, 5) is 11.0. The van der Waals surface area contributed by atoms with Crippen LogP contribution in [0.5, 0.6) is 5.75 Å². The zero-order chi connectivity index (χ0) is 11.3. The molecule has 1 rings (SSSR count). The van der Waals surface area contributed by atoms with E-state index in [1.807, 2.05) is 6.92 Å². The number of aliphatic carboxylic acids is 1. The van der Waals surface area contributed by atoms with Crippen LogP contribution in [0, 0.1) is 0 Å². The van der Waals surface area contributed by atoms with E-state index in [2.05, 4.69) is 5.32 Å². The summed E-state index contributed by atoms with van der Waals surface area (Å²) in [6, 6.07) is 5.62. The van der Waals surface area contributed by atoms with Crippen LogP contribution in [-0.2, 0) is 4.79 Å². The number of para-hydroxylation sites is 1. The van der Waals surface area contributed by atoms with Crippen molar-refractivity contribution in [2.45, 2.75) is 19.4 Å². The lowest BCUT2D eigenvalue weighted by atomic mass is 10.1. The van der Waals surface area contributed by atoms with Gasteiger partial charge >= 0.3 is 5.97 Å². The van der Waals surface area contributed by atoms with Crippen molar-refractivity contribution in [2.75, 3.05) is 6.54 Å². The Balaban J connectivity index is 2.89. The topological polar surface area (TPSA) is 69.6 Å². The first kappa shape index (κ1) is 11.5. The molecule has 15 heavy (non-hydrogen) atoms. The number of nitrogens with one attached hydrogen (secondary N) is 1. The molecule has 1 atom stereocenters. The number of benzene rings is 1. The van der Waals surface area contributed by atoms with Gasteiger partial charge in [0.05, 0.1) is 0 Å². The second-order valence-electron chi connectivity index (χ2n) is 3.28. The molecule has 0 bridgehead atoms. The Labute approximate surface area is 88.6 Å². The first-order valence-electron chi connectivity index (χ1n) is 4.91. The summed E-state index contributed by atoms with van der Waals surface area (Å²) in [6.07, 6.45) is 0.845. The van der Waals surface area contributed by atoms with Gasteiger partial charge in [0.2, 0.25) is 0 Å². The molecule has 1 unspecified atom stereocenters. The van der Waals surface area contributed by atoms with E-state index in [9.17, 15) is 9.90 Å². The lowest BCUT2D eigenvalue weighted by Crippen LogP contribution is -2.29. The molecule has 1 aromatic rings. The van der Waals surface area contributed by atoms with E-state index < -0.39 is 12.0 Å². The van der Waals surface area contributed by atoms with Crippen molar-refractivity contribution in [3.05, 3.63) is 29.8 Å². The number of carbonyl (C=O) groups is 1. The molecule has 0 saturated carbocycles. The lowest BCUT2D eigenvalue weighted by molar-refractivity contribution is -0.139. The zero-order valence-electron chi connectivity index (χ0n) is 8.60. The second-order valence-corrected chi connectivity index (χ2v) is 3.28. The summed E-state index contributed by atoms with van der Waals surface area (Å²) in [5, 5.41) is 21.4. The highest BCUT2D eigenvalue weighted by molar-refractivity contribution is 5.76. The maximum Gasteiger partial charge on any atom is 0.325 e. The predicted octanol–water partition coefficient (Wildman–Crippen LogP) is 1.52. The standard InChI is InChI=1S/C11H15NO3/c1-2-7-12-10(11(14)15)8-5-3-4-6-9(8)13/h3-6,10,12-13H,2,7H2,1H3,(H,14,15). The van der Waals surface area contributed by atoms with Crippen LogP contribution in [0.25, 0.3) is 0 Å². The van der Waals surface area contributed by atoms with E-state index in [1.54, 1.807) is 18.2 Å². The van der Waals surface area contributed by atoms with Crippen molar-refractivity contribution in [3.63, 3.8) is 0 Å². The molecule has 0 radical (unpaired) electrons. The van der Waals surface area contributed by atoms with E-state index in [1.165, 1.54) is 6.07 Å². The SMILES string of the molecule is CCCNC(C(=O)O)c1ccccc1O. The number of carboxylic acid groups (broad SMARTS) is 1. The fraction of sp³-hybridized carbons (Fsp3) is 0.364. The molecule has 0 aliphatic carbocycles. The smallest absolute Gasteiger partial charge is 0.325 e. The Morgan fingerprint density at radius 3 is 2.67 bits per heavy atom. The highest BCUT2D eigenvalue weighted by Crippen LogP contribution is 2.23. The maximum atomic E-state index is 11.0. The lowest BCUT2D eigenvalue weighted by Gasteiger charge is -2.15. The minimum Gasteiger partial charge on any atom is -0.508 e. The largest absolute Gasteiger partial charge is 0.508 e. The number of phenolic OH excluding ortho intramolecular Hbond substituents is 1. The molecule has 0 spiro atoms. The number of phenols is 1. The van der Waals surface area contributed by atoms with Crippen molar-refractivity contribution < 1.29 is 15.0 Å². The molecular weight excluding hydrogens is 194 g/mol. The predicted molar refractivity (Wildman–Crippen MR) is 56.8 cm³/mol. The van der Waals surface area contributed by atoms with Gasteiger partial charge in [-0.2, -0.15) is 0 Å². The zero-order valence-corrected chi connectivity index (χ0v) is 8.60. The molecule has 0 aliphatic rings. The van der Waals surface area contributed by atoms with Crippen molar-refractivity contribution in [1.82, 2.24) is 5.32 Å². The molecule has 0 aliphatic heterocycles. The van der Waals surface area contributed by atoms with Gasteiger partial charge in [0.25, 0.3) is 0 Å². The molecule has 0 heterocycles. The van der Waals surface area contributed by atoms with Crippen LogP contribution in [0.3, 0.4) is 0 Å². The fourth-order valence-electron chi connectivity index (χ4n) is 1.35. The number of hydrogen-bond donors (Lipinski definition) is 3. The van der Waals surface area contributed by atoms with Crippen LogP contribution < -0.4 is 5.32 Å². The third-order valence-corrected chi connectivity index (χ3v) is 2.09. The fourth-order valence-corrected chi connectivity index (χ4v) is 1.35. The van der Waals surface area contributed by atoms with Gasteiger partial charge in [-0.3, -0.25) is 4.79 Å². The summed E-state index contributed by atoms with van der Waals surface area (Å²) in [5.41, 5.74) is 0.401. The Hall–Kier alpha value is -1.55. The van der Waals surface area contributed by atoms with Crippen LogP contribution in [0.1, 0.15) is 24.9 Å². The van der Waals surface area contributed by atoms with Crippen molar-refractivity contribution in [1.29, 1.82) is 0 Å². The van der Waals surface area contributed by atoms with E-state index in [0.717, 1.165) is 6.42 Å². The molecule has 1 aromatic carbocycles. The highest BCUT2D eigenvalue weighted by Gasteiger charge is 2.21. The van der Waals surface area contributed by atoms with Crippen LogP contribution >= 0.6 is 0 Å². The number of aromatic hydroxyl groups is 1. The number of rotatable bonds is 5. The van der Waals surface area contributed by atoms with E-state index in [4.69, 9.17) is 5.11 Å². The van der Waals surface area contributed by atoms with Gasteiger partial charge in [-0.15, -0.1) is 0 Å². The van der Waals surface area contributed by atoms with E-state index >= 15 is 0 Å². The average molecular weight is 209 g/mol. The third kappa shape index (κ3) is 2.95. The molecule has 4 heteroatoms. The van der Waals surface area contributed by atoms with Gasteiger partial charge < -0.3 is 15.5 Å². The van der Waals surface area contributed by atoms with Crippen LogP contribution in [0.15, 0.2) is 24.3 Å². The van der Waals surface area contributed by atoms with Gasteiger partial charge in [-0.25, -0.2) is 0 Å². The Morgan fingerprint density at radius 1 is 1.47 bits per heavy atom. The first-order valence-corrected chi connectivity index (χ1v) is 4.91. The number of carboxylic acids is 1. The van der Waals surface area contributed by atoms with Gasteiger partial charge in [0, 0.05) is 5.56 Å². The summed E-state index contributed by atoms with van der Waals surface area (Å²) in [7, 11) is 0. The second kappa shape index (κ2) is 5.36.